The highest BCUT2D eigenvalue weighted by Crippen LogP contribution is 2.22. The van der Waals surface area contributed by atoms with Crippen molar-refractivity contribution in [3.05, 3.63) is 22.4 Å². The molecule has 0 aliphatic rings. The predicted molar refractivity (Wildman–Crippen MR) is 71.0 cm³/mol. The fraction of sp³-hybridized carbons (Fsp3) is 0.615. The molecule has 0 radical (unpaired) electrons. The number of nitrogens with one attached hydrogen (secondary N) is 1. The molecule has 96 valence electrons. The lowest BCUT2D eigenvalue weighted by Crippen LogP contribution is -2.40. The average Bonchev–Trinajstić information content (AvgIpc) is 2.82. The van der Waals surface area contributed by atoms with Crippen LogP contribution in [-0.4, -0.2) is 17.6 Å². The largest absolute Gasteiger partial charge is 0.384 e. The fourth-order valence-electron chi connectivity index (χ4n) is 1.74. The summed E-state index contributed by atoms with van der Waals surface area (Å²) < 4.78 is 0. The number of amides is 1. The lowest BCUT2D eigenvalue weighted by Gasteiger charge is -2.24. The van der Waals surface area contributed by atoms with E-state index in [1.807, 2.05) is 30.7 Å². The Labute approximate surface area is 107 Å². The molecular formula is C13H21NO2S. The van der Waals surface area contributed by atoms with Crippen LogP contribution in [0.5, 0.6) is 0 Å². The van der Waals surface area contributed by atoms with E-state index in [0.717, 1.165) is 18.4 Å². The van der Waals surface area contributed by atoms with Gasteiger partial charge in [0.25, 0.3) is 0 Å². The Bertz CT molecular complexity index is 342. The number of carbonyl (C=O) groups excluding carboxylic acids is 1. The first-order chi connectivity index (χ1) is 8.01. The maximum absolute atomic E-state index is 11.8. The Kier molecular flexibility index (Phi) is 5.15. The molecule has 4 heteroatoms. The van der Waals surface area contributed by atoms with Crippen molar-refractivity contribution in [2.75, 3.05) is 6.54 Å². The summed E-state index contributed by atoms with van der Waals surface area (Å²) in [6.45, 7) is 6.00. The average molecular weight is 255 g/mol. The predicted octanol–water partition coefficient (Wildman–Crippen LogP) is 2.51. The zero-order valence-corrected chi connectivity index (χ0v) is 11.5. The zero-order valence-electron chi connectivity index (χ0n) is 10.7. The highest BCUT2D eigenvalue weighted by atomic mass is 32.1. The van der Waals surface area contributed by atoms with Crippen LogP contribution in [0.3, 0.4) is 0 Å². The number of aliphatic hydroxyl groups is 1. The number of thiophene rings is 1. The van der Waals surface area contributed by atoms with Gasteiger partial charge in [-0.2, -0.15) is 11.3 Å². The van der Waals surface area contributed by atoms with E-state index in [-0.39, 0.29) is 18.4 Å². The van der Waals surface area contributed by atoms with E-state index in [0.29, 0.717) is 0 Å². The van der Waals surface area contributed by atoms with E-state index in [1.54, 1.807) is 18.3 Å². The maximum Gasteiger partial charge on any atom is 0.223 e. The molecule has 1 atom stereocenters. The third-order valence-corrected chi connectivity index (χ3v) is 3.79. The molecule has 1 heterocycles. The first-order valence-electron chi connectivity index (χ1n) is 6.04. The Hall–Kier alpha value is -0.870. The number of rotatable bonds is 6. The molecule has 1 unspecified atom stereocenters. The Morgan fingerprint density at radius 2 is 2.18 bits per heavy atom. The van der Waals surface area contributed by atoms with Crippen LogP contribution >= 0.6 is 11.3 Å². The van der Waals surface area contributed by atoms with Crippen LogP contribution in [0, 0.1) is 5.92 Å². The molecule has 3 nitrogen and oxygen atoms in total. The molecule has 17 heavy (non-hydrogen) atoms. The monoisotopic (exact) mass is 255 g/mol. The summed E-state index contributed by atoms with van der Waals surface area (Å²) in [5, 5.41) is 16.9. The maximum atomic E-state index is 11.8. The Morgan fingerprint density at radius 3 is 2.65 bits per heavy atom. The lowest BCUT2D eigenvalue weighted by atomic mass is 9.98. The van der Waals surface area contributed by atoms with Crippen molar-refractivity contribution in [1.82, 2.24) is 5.32 Å². The summed E-state index contributed by atoms with van der Waals surface area (Å²) in [4.78, 5) is 11.8. The van der Waals surface area contributed by atoms with Crippen LogP contribution in [0.1, 0.15) is 39.2 Å². The van der Waals surface area contributed by atoms with Crippen LogP contribution in [0.4, 0.5) is 0 Å². The molecule has 0 aliphatic heterocycles. The molecule has 0 fully saturated rings. The fourth-order valence-corrected chi connectivity index (χ4v) is 2.52. The van der Waals surface area contributed by atoms with E-state index >= 15 is 0 Å². The molecule has 1 aromatic heterocycles. The van der Waals surface area contributed by atoms with Gasteiger partial charge in [0.15, 0.2) is 0 Å². The van der Waals surface area contributed by atoms with Crippen LogP contribution in [0.15, 0.2) is 16.8 Å². The van der Waals surface area contributed by atoms with Gasteiger partial charge in [0, 0.05) is 5.92 Å². The van der Waals surface area contributed by atoms with E-state index in [1.165, 1.54) is 0 Å². The first-order valence-corrected chi connectivity index (χ1v) is 6.98. The quantitative estimate of drug-likeness (QED) is 0.820. The molecular weight excluding hydrogens is 234 g/mol. The van der Waals surface area contributed by atoms with Gasteiger partial charge >= 0.3 is 0 Å². The molecule has 0 saturated heterocycles. The normalized spacial score (nSPS) is 14.6. The van der Waals surface area contributed by atoms with Gasteiger partial charge < -0.3 is 10.4 Å². The van der Waals surface area contributed by atoms with Crippen molar-refractivity contribution in [3.8, 4) is 0 Å². The minimum Gasteiger partial charge on any atom is -0.384 e. The second kappa shape index (κ2) is 6.17. The molecule has 0 bridgehead atoms. The van der Waals surface area contributed by atoms with Crippen LogP contribution in [0.25, 0.3) is 0 Å². The van der Waals surface area contributed by atoms with Crippen LogP contribution in [-0.2, 0) is 10.4 Å². The summed E-state index contributed by atoms with van der Waals surface area (Å²) in [6.07, 6.45) is 1.67. The van der Waals surface area contributed by atoms with Crippen molar-refractivity contribution < 1.29 is 9.90 Å². The molecule has 0 aromatic carbocycles. The number of hydrogen-bond acceptors (Lipinski definition) is 3. The smallest absolute Gasteiger partial charge is 0.223 e. The van der Waals surface area contributed by atoms with Gasteiger partial charge in [0.05, 0.1) is 6.54 Å². The summed E-state index contributed by atoms with van der Waals surface area (Å²) >= 11 is 1.54. The molecule has 0 saturated carbocycles. The summed E-state index contributed by atoms with van der Waals surface area (Å²) in [7, 11) is 0. The molecule has 0 aliphatic carbocycles. The van der Waals surface area contributed by atoms with Gasteiger partial charge in [-0.1, -0.05) is 13.8 Å². The minimum absolute atomic E-state index is 0.0329. The molecule has 0 spiro atoms. The van der Waals surface area contributed by atoms with Crippen molar-refractivity contribution >= 4 is 17.2 Å². The Morgan fingerprint density at radius 1 is 1.53 bits per heavy atom. The van der Waals surface area contributed by atoms with Gasteiger partial charge in [-0.25, -0.2) is 0 Å². The van der Waals surface area contributed by atoms with E-state index in [9.17, 15) is 9.90 Å². The highest BCUT2D eigenvalue weighted by molar-refractivity contribution is 7.08. The molecule has 1 aromatic rings. The van der Waals surface area contributed by atoms with Gasteiger partial charge in [0.1, 0.15) is 5.60 Å². The Balaban J connectivity index is 2.53. The first kappa shape index (κ1) is 14.2. The highest BCUT2D eigenvalue weighted by Gasteiger charge is 2.25. The summed E-state index contributed by atoms with van der Waals surface area (Å²) in [5.74, 6) is 0.0822. The second-order valence-electron chi connectivity index (χ2n) is 4.52. The number of hydrogen-bond donors (Lipinski definition) is 2. The van der Waals surface area contributed by atoms with E-state index in [2.05, 4.69) is 5.32 Å². The van der Waals surface area contributed by atoms with Crippen molar-refractivity contribution in [2.24, 2.45) is 5.92 Å². The van der Waals surface area contributed by atoms with E-state index < -0.39 is 5.60 Å². The molecule has 2 N–H and O–H groups in total. The lowest BCUT2D eigenvalue weighted by molar-refractivity contribution is -0.126. The third-order valence-electron chi connectivity index (χ3n) is 3.11. The minimum atomic E-state index is -0.984. The van der Waals surface area contributed by atoms with Gasteiger partial charge in [-0.15, -0.1) is 0 Å². The number of carbonyl (C=O) groups is 1. The van der Waals surface area contributed by atoms with Crippen molar-refractivity contribution in [3.63, 3.8) is 0 Å². The third kappa shape index (κ3) is 3.82. The summed E-state index contributed by atoms with van der Waals surface area (Å²) in [5.41, 5.74) is -0.130. The second-order valence-corrected chi connectivity index (χ2v) is 5.30. The topological polar surface area (TPSA) is 49.3 Å². The van der Waals surface area contributed by atoms with Crippen LogP contribution < -0.4 is 5.32 Å². The zero-order chi connectivity index (χ0) is 12.9. The molecule has 1 amide bonds. The summed E-state index contributed by atoms with van der Waals surface area (Å²) in [6, 6.07) is 1.88. The van der Waals surface area contributed by atoms with Crippen LogP contribution in [0.2, 0.25) is 0 Å². The van der Waals surface area contributed by atoms with Gasteiger partial charge in [-0.3, -0.25) is 4.79 Å². The standard InChI is InChI=1S/C13H21NO2S/c1-4-10(5-2)12(15)14-9-13(3,16)11-6-7-17-8-11/h6-8,10,16H,4-5,9H2,1-3H3,(H,14,15). The molecule has 1 rings (SSSR count). The van der Waals surface area contributed by atoms with Crippen molar-refractivity contribution in [1.29, 1.82) is 0 Å². The van der Waals surface area contributed by atoms with Gasteiger partial charge in [0.2, 0.25) is 5.91 Å². The van der Waals surface area contributed by atoms with E-state index in [4.69, 9.17) is 0 Å². The van der Waals surface area contributed by atoms with Gasteiger partial charge in [-0.05, 0) is 42.2 Å². The van der Waals surface area contributed by atoms with Crippen molar-refractivity contribution in [2.45, 2.75) is 39.2 Å². The SMILES string of the molecule is CCC(CC)C(=O)NCC(C)(O)c1ccsc1.